The highest BCUT2D eigenvalue weighted by Crippen LogP contribution is 2.30. The van der Waals surface area contributed by atoms with Crippen LogP contribution in [0.1, 0.15) is 61.3 Å². The van der Waals surface area contributed by atoms with Crippen LogP contribution in [0.25, 0.3) is 11.0 Å². The molecule has 0 spiro atoms. The Hall–Kier alpha value is -3.32. The first-order chi connectivity index (χ1) is 18.5. The van der Waals surface area contributed by atoms with E-state index in [0.717, 1.165) is 50.3 Å². The third kappa shape index (κ3) is 6.21. The molecule has 1 aromatic heterocycles. The van der Waals surface area contributed by atoms with Gasteiger partial charge in [-0.05, 0) is 66.6 Å². The second kappa shape index (κ2) is 12.0. The van der Waals surface area contributed by atoms with Crippen molar-refractivity contribution >= 4 is 38.9 Å². The molecular weight excluding hydrogens is 542 g/mol. The molecule has 6 nitrogen and oxygen atoms in total. The van der Waals surface area contributed by atoms with E-state index in [1.807, 2.05) is 24.3 Å². The topological polar surface area (TPSA) is 76.4 Å². The summed E-state index contributed by atoms with van der Waals surface area (Å²) in [5, 5.41) is 12.8. The van der Waals surface area contributed by atoms with Crippen LogP contribution < -0.4 is 10.1 Å². The Morgan fingerprint density at radius 1 is 1.08 bits per heavy atom. The number of imidazole rings is 1. The quantitative estimate of drug-likeness (QED) is 0.195. The third-order valence-electron chi connectivity index (χ3n) is 7.35. The molecule has 1 aliphatic rings. The van der Waals surface area contributed by atoms with Gasteiger partial charge in [-0.1, -0.05) is 72.1 Å². The van der Waals surface area contributed by atoms with Crippen LogP contribution in [0, 0.1) is 0 Å². The first kappa shape index (κ1) is 26.3. The van der Waals surface area contributed by atoms with Gasteiger partial charge >= 0.3 is 5.97 Å². The molecule has 198 valence electrons. The van der Waals surface area contributed by atoms with Gasteiger partial charge in [0.15, 0.2) is 0 Å². The lowest BCUT2D eigenvalue weighted by Gasteiger charge is -2.17. The Balaban J connectivity index is 1.37. The van der Waals surface area contributed by atoms with Crippen molar-refractivity contribution < 1.29 is 14.6 Å². The standard InChI is InChI=1S/C31H34BrN3O3/c1-2-22-17-21(11-12-23(22)13-16-30(36)37)20-38-29-10-6-3-7-24(29)19-35-28-15-14-25(32)18-27(28)34-31(35)33-26-8-4-5-9-26/h3,6-7,10-12,14-15,17-18,26H,2,4-5,8-9,13,16,19-20H2,1H3,(H,33,34)(H,36,37). The number of hydrogen-bond acceptors (Lipinski definition) is 4. The third-order valence-corrected chi connectivity index (χ3v) is 7.85. The van der Waals surface area contributed by atoms with Gasteiger partial charge in [0.25, 0.3) is 0 Å². The number of anilines is 1. The number of carboxylic acids is 1. The minimum Gasteiger partial charge on any atom is -0.489 e. The number of nitrogens with one attached hydrogen (secondary N) is 1. The molecule has 1 saturated carbocycles. The van der Waals surface area contributed by atoms with Crippen LogP contribution in [0.3, 0.4) is 0 Å². The van der Waals surface area contributed by atoms with Crippen LogP contribution in [-0.2, 0) is 30.8 Å². The molecule has 7 heteroatoms. The first-order valence-electron chi connectivity index (χ1n) is 13.5. The summed E-state index contributed by atoms with van der Waals surface area (Å²) >= 11 is 3.59. The zero-order chi connectivity index (χ0) is 26.5. The second-order valence-electron chi connectivity index (χ2n) is 10.0. The van der Waals surface area contributed by atoms with Crippen LogP contribution in [0.2, 0.25) is 0 Å². The Morgan fingerprint density at radius 2 is 1.89 bits per heavy atom. The molecule has 3 aromatic carbocycles. The number of benzene rings is 3. The van der Waals surface area contributed by atoms with Gasteiger partial charge in [0, 0.05) is 22.5 Å². The van der Waals surface area contributed by atoms with E-state index >= 15 is 0 Å². The van der Waals surface area contributed by atoms with Crippen molar-refractivity contribution in [1.29, 1.82) is 0 Å². The van der Waals surface area contributed by atoms with E-state index in [-0.39, 0.29) is 6.42 Å². The van der Waals surface area contributed by atoms with Crippen LogP contribution in [0.4, 0.5) is 5.95 Å². The summed E-state index contributed by atoms with van der Waals surface area (Å²) in [6.07, 6.45) is 6.45. The fraction of sp³-hybridized carbons (Fsp3) is 0.355. The molecule has 0 aliphatic heterocycles. The van der Waals surface area contributed by atoms with E-state index < -0.39 is 5.97 Å². The van der Waals surface area contributed by atoms with E-state index in [4.69, 9.17) is 14.8 Å². The summed E-state index contributed by atoms with van der Waals surface area (Å²) in [5.74, 6) is 0.992. The van der Waals surface area contributed by atoms with Gasteiger partial charge in [0.1, 0.15) is 12.4 Å². The molecule has 2 N–H and O–H groups in total. The average molecular weight is 577 g/mol. The second-order valence-corrected chi connectivity index (χ2v) is 10.9. The number of halogens is 1. The Labute approximate surface area is 232 Å². The molecular formula is C31H34BrN3O3. The monoisotopic (exact) mass is 575 g/mol. The Bertz CT molecular complexity index is 1430. The number of aliphatic carboxylic acids is 1. The van der Waals surface area contributed by atoms with Crippen LogP contribution >= 0.6 is 15.9 Å². The van der Waals surface area contributed by atoms with Crippen LogP contribution in [0.5, 0.6) is 5.75 Å². The SMILES string of the molecule is CCc1cc(COc2ccccc2Cn2c(NC3CCCC3)nc3cc(Br)ccc32)ccc1CCC(=O)O. The van der Waals surface area contributed by atoms with Crippen LogP contribution in [0.15, 0.2) is 65.1 Å². The number of hydrogen-bond donors (Lipinski definition) is 2. The molecule has 0 atom stereocenters. The molecule has 4 aromatic rings. The van der Waals surface area contributed by atoms with Gasteiger partial charge in [-0.25, -0.2) is 4.98 Å². The minimum absolute atomic E-state index is 0.147. The molecule has 38 heavy (non-hydrogen) atoms. The molecule has 0 amide bonds. The lowest BCUT2D eigenvalue weighted by atomic mass is 9.98. The molecule has 1 aliphatic carbocycles. The van der Waals surface area contributed by atoms with E-state index in [2.05, 4.69) is 69.1 Å². The predicted molar refractivity (Wildman–Crippen MR) is 155 cm³/mol. The highest BCUT2D eigenvalue weighted by Gasteiger charge is 2.20. The number of carboxylic acid groups (broad SMARTS) is 1. The van der Waals surface area contributed by atoms with Gasteiger partial charge in [0.2, 0.25) is 5.95 Å². The lowest BCUT2D eigenvalue weighted by Crippen LogP contribution is -2.18. The van der Waals surface area contributed by atoms with Crippen molar-refractivity contribution in [3.63, 3.8) is 0 Å². The van der Waals surface area contributed by atoms with Gasteiger partial charge < -0.3 is 19.7 Å². The molecule has 5 rings (SSSR count). The van der Waals surface area contributed by atoms with Crippen molar-refractivity contribution in [3.8, 4) is 5.75 Å². The van der Waals surface area contributed by atoms with E-state index in [1.54, 1.807) is 0 Å². The summed E-state index contributed by atoms with van der Waals surface area (Å²) in [5.41, 5.74) is 6.51. The molecule has 0 bridgehead atoms. The van der Waals surface area contributed by atoms with E-state index in [1.165, 1.54) is 31.2 Å². The summed E-state index contributed by atoms with van der Waals surface area (Å²) in [6.45, 7) is 3.20. The number of para-hydroxylation sites is 1. The maximum Gasteiger partial charge on any atom is 0.303 e. The lowest BCUT2D eigenvalue weighted by molar-refractivity contribution is -0.136. The van der Waals surface area contributed by atoms with Crippen molar-refractivity contribution in [3.05, 3.63) is 87.4 Å². The predicted octanol–water partition coefficient (Wildman–Crippen LogP) is 7.36. The number of ether oxygens (including phenoxy) is 1. The number of nitrogens with zero attached hydrogens (tertiary/aromatic N) is 2. The molecule has 1 heterocycles. The van der Waals surface area contributed by atoms with Gasteiger partial charge in [0.05, 0.1) is 17.6 Å². The normalized spacial score (nSPS) is 13.7. The number of carbonyl (C=O) groups is 1. The Kier molecular flexibility index (Phi) is 8.32. The maximum absolute atomic E-state index is 11.0. The number of aromatic nitrogens is 2. The smallest absolute Gasteiger partial charge is 0.303 e. The molecule has 1 fully saturated rings. The molecule has 0 unspecified atom stereocenters. The fourth-order valence-corrected chi connectivity index (χ4v) is 5.67. The number of fused-ring (bicyclic) bond motifs is 1. The van der Waals surface area contributed by atoms with Crippen molar-refractivity contribution in [1.82, 2.24) is 9.55 Å². The first-order valence-corrected chi connectivity index (χ1v) is 14.2. The zero-order valence-electron chi connectivity index (χ0n) is 21.8. The molecule has 0 saturated heterocycles. The van der Waals surface area contributed by atoms with Crippen LogP contribution in [-0.4, -0.2) is 26.7 Å². The molecule has 0 radical (unpaired) electrons. The van der Waals surface area contributed by atoms with Gasteiger partial charge in [-0.2, -0.15) is 0 Å². The average Bonchev–Trinajstić information content (AvgIpc) is 3.54. The number of aryl methyl sites for hydroxylation is 2. The summed E-state index contributed by atoms with van der Waals surface area (Å²) in [6, 6.07) is 21.1. The minimum atomic E-state index is -0.768. The maximum atomic E-state index is 11.0. The van der Waals surface area contributed by atoms with Crippen molar-refractivity contribution in [2.75, 3.05) is 5.32 Å². The van der Waals surface area contributed by atoms with Crippen molar-refractivity contribution in [2.24, 2.45) is 0 Å². The largest absolute Gasteiger partial charge is 0.489 e. The van der Waals surface area contributed by atoms with Gasteiger partial charge in [-0.15, -0.1) is 0 Å². The summed E-state index contributed by atoms with van der Waals surface area (Å²) in [7, 11) is 0. The summed E-state index contributed by atoms with van der Waals surface area (Å²) in [4.78, 5) is 16.0. The highest BCUT2D eigenvalue weighted by atomic mass is 79.9. The highest BCUT2D eigenvalue weighted by molar-refractivity contribution is 9.10. The van der Waals surface area contributed by atoms with E-state index in [9.17, 15) is 4.79 Å². The van der Waals surface area contributed by atoms with Crippen molar-refractivity contribution in [2.45, 2.75) is 71.1 Å². The fourth-order valence-electron chi connectivity index (χ4n) is 5.32. The zero-order valence-corrected chi connectivity index (χ0v) is 23.3. The number of rotatable bonds is 11. The van der Waals surface area contributed by atoms with Gasteiger partial charge in [-0.3, -0.25) is 4.79 Å². The Morgan fingerprint density at radius 3 is 2.68 bits per heavy atom. The summed E-state index contributed by atoms with van der Waals surface area (Å²) < 4.78 is 9.64. The van der Waals surface area contributed by atoms with E-state index in [0.29, 0.717) is 25.6 Å².